The van der Waals surface area contributed by atoms with Gasteiger partial charge in [0, 0.05) is 38.4 Å². The van der Waals surface area contributed by atoms with Crippen molar-refractivity contribution in [2.45, 2.75) is 19.4 Å². The number of aromatic nitrogens is 1. The van der Waals surface area contributed by atoms with Crippen molar-refractivity contribution in [1.82, 2.24) is 19.7 Å². The number of pyridine rings is 1. The third-order valence-electron chi connectivity index (χ3n) is 5.79. The number of likely N-dealkylation sites (N-methyl/N-ethyl adjacent to an activating group) is 1. The zero-order valence-electron chi connectivity index (χ0n) is 17.6. The van der Waals surface area contributed by atoms with Gasteiger partial charge in [-0.3, -0.25) is 19.4 Å². The second-order valence-electron chi connectivity index (χ2n) is 7.74. The molecule has 0 N–H and O–H groups in total. The van der Waals surface area contributed by atoms with Crippen molar-refractivity contribution in [1.29, 1.82) is 0 Å². The van der Waals surface area contributed by atoms with Crippen LogP contribution in [0.3, 0.4) is 0 Å². The van der Waals surface area contributed by atoms with Crippen LogP contribution < -0.4 is 0 Å². The van der Waals surface area contributed by atoms with Crippen molar-refractivity contribution in [3.05, 3.63) is 54.4 Å². The minimum Gasteiger partial charge on any atom is -0.339 e. The fraction of sp³-hybridized carbons (Fsp3) is 0.391. The Balaban J connectivity index is 1.55. The van der Waals surface area contributed by atoms with Crippen LogP contribution in [0.5, 0.6) is 0 Å². The highest BCUT2D eigenvalue weighted by Gasteiger charge is 2.38. The van der Waals surface area contributed by atoms with Crippen LogP contribution in [0.1, 0.15) is 12.5 Å². The van der Waals surface area contributed by atoms with Gasteiger partial charge >= 0.3 is 0 Å². The van der Waals surface area contributed by atoms with Crippen LogP contribution in [-0.2, 0) is 20.8 Å². The standard InChI is InChI=1S/C23H26N4O3S/c1-2-25-9-10-27(21(28)14-26-16-31-15-22(26)29)20(23(25)30)12-17-5-3-6-18(11-17)19-7-4-8-24-13-19/h3-8,11,13,20H,2,9-10,12,14-16H2,1H3/t20-/m1/s1. The van der Waals surface area contributed by atoms with E-state index < -0.39 is 6.04 Å². The molecule has 7 nitrogen and oxygen atoms in total. The summed E-state index contributed by atoms with van der Waals surface area (Å²) in [5.41, 5.74) is 3.02. The van der Waals surface area contributed by atoms with Crippen LogP contribution >= 0.6 is 11.8 Å². The minimum atomic E-state index is -0.560. The molecule has 1 aromatic heterocycles. The maximum atomic E-state index is 13.2. The predicted molar refractivity (Wildman–Crippen MR) is 120 cm³/mol. The Labute approximate surface area is 186 Å². The number of rotatable bonds is 6. The molecule has 1 aromatic carbocycles. The molecule has 0 radical (unpaired) electrons. The average Bonchev–Trinajstić information content (AvgIpc) is 3.20. The van der Waals surface area contributed by atoms with Gasteiger partial charge in [0.05, 0.1) is 11.6 Å². The van der Waals surface area contributed by atoms with E-state index in [1.54, 1.807) is 20.9 Å². The molecule has 0 saturated carbocycles. The first-order valence-electron chi connectivity index (χ1n) is 10.5. The van der Waals surface area contributed by atoms with Crippen molar-refractivity contribution in [2.24, 2.45) is 0 Å². The second-order valence-corrected chi connectivity index (χ2v) is 8.69. The van der Waals surface area contributed by atoms with Gasteiger partial charge in [-0.15, -0.1) is 11.8 Å². The molecule has 3 heterocycles. The molecule has 3 amide bonds. The first kappa shape index (κ1) is 21.4. The van der Waals surface area contributed by atoms with Crippen LogP contribution in [0.15, 0.2) is 48.8 Å². The van der Waals surface area contributed by atoms with Gasteiger partial charge < -0.3 is 14.7 Å². The van der Waals surface area contributed by atoms with Crippen LogP contribution in [0.2, 0.25) is 0 Å². The van der Waals surface area contributed by atoms with Crippen molar-refractivity contribution >= 4 is 29.5 Å². The van der Waals surface area contributed by atoms with E-state index in [4.69, 9.17) is 0 Å². The molecule has 4 rings (SSSR count). The topological polar surface area (TPSA) is 73.8 Å². The van der Waals surface area contributed by atoms with Gasteiger partial charge in [-0.25, -0.2) is 0 Å². The van der Waals surface area contributed by atoms with Gasteiger partial charge in [0.15, 0.2) is 0 Å². The SMILES string of the molecule is CCN1CCN(C(=O)CN2CSCC2=O)[C@H](Cc2cccc(-c3cccnc3)c2)C1=O. The van der Waals surface area contributed by atoms with E-state index in [2.05, 4.69) is 11.1 Å². The highest BCUT2D eigenvalue weighted by atomic mass is 32.2. The number of thioether (sulfide) groups is 1. The van der Waals surface area contributed by atoms with E-state index in [-0.39, 0.29) is 24.3 Å². The summed E-state index contributed by atoms with van der Waals surface area (Å²) in [4.78, 5) is 47.4. The van der Waals surface area contributed by atoms with E-state index in [1.807, 2.05) is 43.5 Å². The van der Waals surface area contributed by atoms with E-state index in [0.29, 0.717) is 37.7 Å². The van der Waals surface area contributed by atoms with Crippen molar-refractivity contribution in [3.8, 4) is 11.1 Å². The normalized spacial score (nSPS) is 19.3. The zero-order chi connectivity index (χ0) is 21.8. The van der Waals surface area contributed by atoms with E-state index >= 15 is 0 Å². The molecule has 2 fully saturated rings. The second kappa shape index (κ2) is 9.51. The number of nitrogens with zero attached hydrogens (tertiary/aromatic N) is 4. The lowest BCUT2D eigenvalue weighted by Crippen LogP contribution is -2.60. The maximum absolute atomic E-state index is 13.2. The number of carbonyl (C=O) groups excluding carboxylic acids is 3. The van der Waals surface area contributed by atoms with Gasteiger partial charge in [-0.05, 0) is 29.7 Å². The molecule has 2 aliphatic rings. The van der Waals surface area contributed by atoms with Gasteiger partial charge in [-0.1, -0.05) is 30.3 Å². The Bertz CT molecular complexity index is 968. The van der Waals surface area contributed by atoms with Gasteiger partial charge in [-0.2, -0.15) is 0 Å². The number of carbonyl (C=O) groups is 3. The molecule has 2 aromatic rings. The lowest BCUT2D eigenvalue weighted by atomic mass is 9.97. The maximum Gasteiger partial charge on any atom is 0.245 e. The first-order valence-corrected chi connectivity index (χ1v) is 11.7. The summed E-state index contributed by atoms with van der Waals surface area (Å²) in [6.45, 7) is 3.62. The lowest BCUT2D eigenvalue weighted by molar-refractivity contribution is -0.152. The van der Waals surface area contributed by atoms with Gasteiger partial charge in [0.2, 0.25) is 17.7 Å². The minimum absolute atomic E-state index is 0.0161. The van der Waals surface area contributed by atoms with E-state index in [0.717, 1.165) is 16.7 Å². The van der Waals surface area contributed by atoms with Gasteiger partial charge in [0.25, 0.3) is 0 Å². The summed E-state index contributed by atoms with van der Waals surface area (Å²) < 4.78 is 0. The Hall–Kier alpha value is -2.87. The third kappa shape index (κ3) is 4.74. The van der Waals surface area contributed by atoms with Crippen LogP contribution in [0.25, 0.3) is 11.1 Å². The highest BCUT2D eigenvalue weighted by molar-refractivity contribution is 8.00. The third-order valence-corrected chi connectivity index (χ3v) is 6.73. The number of amides is 3. The van der Waals surface area contributed by atoms with Gasteiger partial charge in [0.1, 0.15) is 12.6 Å². The molecular weight excluding hydrogens is 412 g/mol. The fourth-order valence-corrected chi connectivity index (χ4v) is 4.98. The molecule has 2 saturated heterocycles. The van der Waals surface area contributed by atoms with E-state index in [9.17, 15) is 14.4 Å². The molecule has 31 heavy (non-hydrogen) atoms. The summed E-state index contributed by atoms with van der Waals surface area (Å²) in [5.74, 6) is 0.744. The summed E-state index contributed by atoms with van der Waals surface area (Å²) in [6, 6.07) is 11.4. The van der Waals surface area contributed by atoms with Crippen LogP contribution in [-0.4, -0.2) is 81.3 Å². The monoisotopic (exact) mass is 438 g/mol. The highest BCUT2D eigenvalue weighted by Crippen LogP contribution is 2.23. The Morgan fingerprint density at radius 2 is 1.97 bits per heavy atom. The summed E-state index contributed by atoms with van der Waals surface area (Å²) >= 11 is 1.51. The van der Waals surface area contributed by atoms with Crippen molar-refractivity contribution in [3.63, 3.8) is 0 Å². The molecule has 0 spiro atoms. The summed E-state index contributed by atoms with van der Waals surface area (Å²) in [6.07, 6.45) is 3.99. The molecule has 2 aliphatic heterocycles. The zero-order valence-corrected chi connectivity index (χ0v) is 18.4. The molecule has 0 bridgehead atoms. The predicted octanol–water partition coefficient (Wildman–Crippen LogP) is 1.88. The Kier molecular flexibility index (Phi) is 6.56. The molecular formula is C23H26N4O3S. The van der Waals surface area contributed by atoms with Crippen LogP contribution in [0.4, 0.5) is 0 Å². The largest absolute Gasteiger partial charge is 0.339 e. The summed E-state index contributed by atoms with van der Waals surface area (Å²) in [5, 5.41) is 0. The Morgan fingerprint density at radius 1 is 1.13 bits per heavy atom. The van der Waals surface area contributed by atoms with E-state index in [1.165, 1.54) is 11.8 Å². The number of hydrogen-bond donors (Lipinski definition) is 0. The molecule has 0 unspecified atom stereocenters. The number of piperazine rings is 1. The lowest BCUT2D eigenvalue weighted by Gasteiger charge is -2.41. The van der Waals surface area contributed by atoms with Crippen molar-refractivity contribution in [2.75, 3.05) is 37.8 Å². The number of benzene rings is 1. The quantitative estimate of drug-likeness (QED) is 0.689. The number of hydrogen-bond acceptors (Lipinski definition) is 5. The Morgan fingerprint density at radius 3 is 2.68 bits per heavy atom. The molecule has 1 atom stereocenters. The first-order chi connectivity index (χ1) is 15.1. The smallest absolute Gasteiger partial charge is 0.245 e. The van der Waals surface area contributed by atoms with Crippen molar-refractivity contribution < 1.29 is 14.4 Å². The average molecular weight is 439 g/mol. The molecule has 0 aliphatic carbocycles. The summed E-state index contributed by atoms with van der Waals surface area (Å²) in [7, 11) is 0. The fourth-order valence-electron chi connectivity index (χ4n) is 4.08. The molecule has 8 heteroatoms. The molecule has 162 valence electrons. The van der Waals surface area contributed by atoms with Crippen LogP contribution in [0, 0.1) is 0 Å².